The van der Waals surface area contributed by atoms with E-state index in [1.165, 1.54) is 5.56 Å². The molecule has 0 amide bonds. The molecule has 0 unspecified atom stereocenters. The Morgan fingerprint density at radius 3 is 2.88 bits per heavy atom. The van der Waals surface area contributed by atoms with E-state index in [2.05, 4.69) is 56.7 Å². The standard InChI is InChI=1S/C12H13BrN2S/c1-8-3-4-10(13)11(5-8)14-6-12-15-9(2)7-16-12/h3-5,7,14H,6H2,1-2H3. The van der Waals surface area contributed by atoms with Gasteiger partial charge in [-0.05, 0) is 47.5 Å². The average molecular weight is 297 g/mol. The van der Waals surface area contributed by atoms with Crippen LogP contribution in [0.1, 0.15) is 16.3 Å². The summed E-state index contributed by atoms with van der Waals surface area (Å²) >= 11 is 5.22. The fraction of sp³-hybridized carbons (Fsp3) is 0.250. The van der Waals surface area contributed by atoms with Gasteiger partial charge in [-0.1, -0.05) is 6.07 Å². The van der Waals surface area contributed by atoms with E-state index in [0.29, 0.717) is 0 Å². The predicted molar refractivity (Wildman–Crippen MR) is 73.1 cm³/mol. The maximum absolute atomic E-state index is 4.42. The average Bonchev–Trinajstić information content (AvgIpc) is 2.66. The zero-order valence-corrected chi connectivity index (χ0v) is 11.7. The van der Waals surface area contributed by atoms with Crippen molar-refractivity contribution in [2.75, 3.05) is 5.32 Å². The number of aromatic nitrogens is 1. The second-order valence-electron chi connectivity index (χ2n) is 3.72. The number of thiazole rings is 1. The third-order valence-electron chi connectivity index (χ3n) is 2.22. The topological polar surface area (TPSA) is 24.9 Å². The Bertz CT molecular complexity index is 494. The molecule has 16 heavy (non-hydrogen) atoms. The monoisotopic (exact) mass is 296 g/mol. The number of benzene rings is 1. The van der Waals surface area contributed by atoms with Gasteiger partial charge >= 0.3 is 0 Å². The van der Waals surface area contributed by atoms with Crippen molar-refractivity contribution in [1.29, 1.82) is 0 Å². The lowest BCUT2D eigenvalue weighted by molar-refractivity contribution is 1.07. The van der Waals surface area contributed by atoms with Crippen LogP contribution in [-0.2, 0) is 6.54 Å². The normalized spacial score (nSPS) is 10.4. The van der Waals surface area contributed by atoms with Gasteiger partial charge in [0.15, 0.2) is 0 Å². The molecule has 0 saturated heterocycles. The van der Waals surface area contributed by atoms with Gasteiger partial charge < -0.3 is 5.32 Å². The Balaban J connectivity index is 2.07. The zero-order chi connectivity index (χ0) is 11.5. The highest BCUT2D eigenvalue weighted by atomic mass is 79.9. The van der Waals surface area contributed by atoms with Crippen molar-refractivity contribution >= 4 is 33.0 Å². The SMILES string of the molecule is Cc1ccc(Br)c(NCc2nc(C)cs2)c1. The molecule has 4 heteroatoms. The third-order valence-corrected chi connectivity index (χ3v) is 3.88. The van der Waals surface area contributed by atoms with Crippen LogP contribution < -0.4 is 5.32 Å². The van der Waals surface area contributed by atoms with Crippen LogP contribution in [0.4, 0.5) is 5.69 Å². The number of nitrogens with zero attached hydrogens (tertiary/aromatic N) is 1. The molecule has 1 aromatic heterocycles. The third kappa shape index (κ3) is 2.83. The van der Waals surface area contributed by atoms with Gasteiger partial charge in [0.2, 0.25) is 0 Å². The van der Waals surface area contributed by atoms with Crippen molar-refractivity contribution in [3.05, 3.63) is 44.3 Å². The number of anilines is 1. The second-order valence-corrected chi connectivity index (χ2v) is 5.52. The van der Waals surface area contributed by atoms with E-state index in [1.807, 2.05) is 6.92 Å². The van der Waals surface area contributed by atoms with E-state index < -0.39 is 0 Å². The summed E-state index contributed by atoms with van der Waals surface area (Å²) in [5.41, 5.74) is 3.46. The van der Waals surface area contributed by atoms with Crippen molar-refractivity contribution in [3.63, 3.8) is 0 Å². The van der Waals surface area contributed by atoms with Crippen LogP contribution in [0.15, 0.2) is 28.1 Å². The lowest BCUT2D eigenvalue weighted by atomic mass is 10.2. The fourth-order valence-corrected chi connectivity index (χ4v) is 2.53. The van der Waals surface area contributed by atoms with Gasteiger partial charge in [0.1, 0.15) is 5.01 Å². The molecular weight excluding hydrogens is 284 g/mol. The molecule has 0 fully saturated rings. The summed E-state index contributed by atoms with van der Waals surface area (Å²) < 4.78 is 1.09. The van der Waals surface area contributed by atoms with Crippen molar-refractivity contribution in [2.24, 2.45) is 0 Å². The van der Waals surface area contributed by atoms with Crippen LogP contribution in [-0.4, -0.2) is 4.98 Å². The minimum Gasteiger partial charge on any atom is -0.378 e. The Hall–Kier alpha value is -0.870. The lowest BCUT2D eigenvalue weighted by Crippen LogP contribution is -1.99. The first kappa shape index (κ1) is 11.6. The Kier molecular flexibility index (Phi) is 3.61. The maximum Gasteiger partial charge on any atom is 0.112 e. The maximum atomic E-state index is 4.42. The number of halogens is 1. The summed E-state index contributed by atoms with van der Waals surface area (Å²) in [4.78, 5) is 4.42. The van der Waals surface area contributed by atoms with Crippen LogP contribution in [0.25, 0.3) is 0 Å². The molecule has 0 atom stereocenters. The molecule has 0 spiro atoms. The fourth-order valence-electron chi connectivity index (χ4n) is 1.43. The first-order valence-electron chi connectivity index (χ1n) is 5.06. The van der Waals surface area contributed by atoms with E-state index in [4.69, 9.17) is 0 Å². The smallest absolute Gasteiger partial charge is 0.112 e. The van der Waals surface area contributed by atoms with E-state index in [0.717, 1.165) is 27.4 Å². The van der Waals surface area contributed by atoms with Gasteiger partial charge in [0.05, 0.1) is 6.54 Å². The molecular formula is C12H13BrN2S. The molecule has 1 aromatic carbocycles. The van der Waals surface area contributed by atoms with Gasteiger partial charge in [0, 0.05) is 21.2 Å². The van der Waals surface area contributed by atoms with E-state index in [1.54, 1.807) is 11.3 Å². The highest BCUT2D eigenvalue weighted by Gasteiger charge is 2.02. The van der Waals surface area contributed by atoms with Crippen molar-refractivity contribution in [2.45, 2.75) is 20.4 Å². The number of rotatable bonds is 3. The van der Waals surface area contributed by atoms with Crippen molar-refractivity contribution < 1.29 is 0 Å². The van der Waals surface area contributed by atoms with Gasteiger partial charge in [-0.15, -0.1) is 11.3 Å². The number of aryl methyl sites for hydroxylation is 2. The largest absolute Gasteiger partial charge is 0.378 e. The number of nitrogens with one attached hydrogen (secondary N) is 1. The van der Waals surface area contributed by atoms with Crippen molar-refractivity contribution in [3.8, 4) is 0 Å². The molecule has 2 nitrogen and oxygen atoms in total. The molecule has 2 aromatic rings. The molecule has 1 heterocycles. The summed E-state index contributed by atoms with van der Waals surface area (Å²) in [7, 11) is 0. The summed E-state index contributed by atoms with van der Waals surface area (Å²) in [5, 5.41) is 6.57. The van der Waals surface area contributed by atoms with E-state index in [9.17, 15) is 0 Å². The molecule has 0 bridgehead atoms. The molecule has 2 rings (SSSR count). The molecule has 84 valence electrons. The molecule has 1 N–H and O–H groups in total. The number of hydrogen-bond acceptors (Lipinski definition) is 3. The summed E-state index contributed by atoms with van der Waals surface area (Å²) in [5.74, 6) is 0. The summed E-state index contributed by atoms with van der Waals surface area (Å²) in [6, 6.07) is 6.28. The molecule has 0 saturated carbocycles. The zero-order valence-electron chi connectivity index (χ0n) is 9.25. The van der Waals surface area contributed by atoms with Gasteiger partial charge in [0.25, 0.3) is 0 Å². The molecule has 0 aliphatic carbocycles. The van der Waals surface area contributed by atoms with E-state index in [-0.39, 0.29) is 0 Å². The van der Waals surface area contributed by atoms with Crippen LogP contribution in [0.5, 0.6) is 0 Å². The Morgan fingerprint density at radius 2 is 2.19 bits per heavy atom. The molecule has 0 aliphatic heterocycles. The Labute approximate surface area is 108 Å². The van der Waals surface area contributed by atoms with Gasteiger partial charge in [-0.2, -0.15) is 0 Å². The molecule has 0 radical (unpaired) electrons. The van der Waals surface area contributed by atoms with E-state index >= 15 is 0 Å². The van der Waals surface area contributed by atoms with Crippen LogP contribution >= 0.6 is 27.3 Å². The molecule has 0 aliphatic rings. The van der Waals surface area contributed by atoms with Gasteiger partial charge in [-0.3, -0.25) is 0 Å². The highest BCUT2D eigenvalue weighted by Crippen LogP contribution is 2.24. The van der Waals surface area contributed by atoms with Crippen LogP contribution in [0, 0.1) is 13.8 Å². The van der Waals surface area contributed by atoms with Crippen LogP contribution in [0.2, 0.25) is 0 Å². The predicted octanol–water partition coefficient (Wildman–Crippen LogP) is 4.13. The first-order valence-corrected chi connectivity index (χ1v) is 6.73. The second kappa shape index (κ2) is 4.97. The first-order chi connectivity index (χ1) is 7.65. The number of hydrogen-bond donors (Lipinski definition) is 1. The summed E-state index contributed by atoms with van der Waals surface area (Å²) in [6.45, 7) is 4.88. The minimum absolute atomic E-state index is 0.778. The quantitative estimate of drug-likeness (QED) is 0.921. The van der Waals surface area contributed by atoms with Crippen LogP contribution in [0.3, 0.4) is 0 Å². The lowest BCUT2D eigenvalue weighted by Gasteiger charge is -2.07. The highest BCUT2D eigenvalue weighted by molar-refractivity contribution is 9.10. The minimum atomic E-state index is 0.778. The van der Waals surface area contributed by atoms with Crippen molar-refractivity contribution in [1.82, 2.24) is 4.98 Å². The van der Waals surface area contributed by atoms with Gasteiger partial charge in [-0.25, -0.2) is 4.98 Å². The Morgan fingerprint density at radius 1 is 1.38 bits per heavy atom. The summed E-state index contributed by atoms with van der Waals surface area (Å²) in [6.07, 6.45) is 0.